The highest BCUT2D eigenvalue weighted by Crippen LogP contribution is 2.11. The van der Waals surface area contributed by atoms with Gasteiger partial charge in [-0.25, -0.2) is 4.98 Å². The monoisotopic (exact) mass is 271 g/mol. The maximum Gasteiger partial charge on any atom is 0.388 e. The number of ether oxygens (including phenoxy) is 1. The summed E-state index contributed by atoms with van der Waals surface area (Å²) in [5.41, 5.74) is 0. The average molecular weight is 271 g/mol. The Hall–Kier alpha value is -0.460. The van der Waals surface area contributed by atoms with Crippen LogP contribution in [0.1, 0.15) is 0 Å². The third-order valence-electron chi connectivity index (χ3n) is 0.910. The lowest BCUT2D eigenvalue weighted by atomic mass is 10.5. The van der Waals surface area contributed by atoms with Gasteiger partial charge in [0, 0.05) is 15.8 Å². The second-order valence-electron chi connectivity index (χ2n) is 1.69. The Morgan fingerprint density at radius 1 is 1.45 bits per heavy atom. The predicted octanol–water partition coefficient (Wildman–Crippen LogP) is 2.29. The average Bonchev–Trinajstić information content (AvgIpc) is 1.93. The first-order valence-electron chi connectivity index (χ1n) is 2.75. The first-order valence-corrected chi connectivity index (χ1v) is 3.83. The van der Waals surface area contributed by atoms with E-state index in [2.05, 4.69) is 9.72 Å². The molecule has 1 rings (SSSR count). The summed E-state index contributed by atoms with van der Waals surface area (Å²) >= 11 is 2.02. The van der Waals surface area contributed by atoms with E-state index in [9.17, 15) is 8.78 Å². The molecule has 0 unspecified atom stereocenters. The molecule has 0 atom stereocenters. The number of aromatic nitrogens is 1. The van der Waals surface area contributed by atoms with Crippen molar-refractivity contribution in [1.29, 1.82) is 0 Å². The lowest BCUT2D eigenvalue weighted by Gasteiger charge is -2.01. The van der Waals surface area contributed by atoms with Crippen LogP contribution < -0.4 is 4.74 Å². The summed E-state index contributed by atoms with van der Waals surface area (Å²) in [5, 5.41) is 0. The van der Waals surface area contributed by atoms with Gasteiger partial charge in [-0.1, -0.05) is 0 Å². The number of hydrogen-bond acceptors (Lipinski definition) is 2. The first-order chi connectivity index (χ1) is 5.18. The van der Waals surface area contributed by atoms with Crippen molar-refractivity contribution in [3.63, 3.8) is 0 Å². The van der Waals surface area contributed by atoms with Crippen LogP contribution in [-0.4, -0.2) is 11.6 Å². The second kappa shape index (κ2) is 3.80. The summed E-state index contributed by atoms with van der Waals surface area (Å²) in [6.45, 7) is -2.80. The normalized spacial score (nSPS) is 10.2. The van der Waals surface area contributed by atoms with E-state index in [-0.39, 0.29) is 5.88 Å². The molecule has 2 nitrogen and oxygen atoms in total. The van der Waals surface area contributed by atoms with Gasteiger partial charge in [0.25, 0.3) is 0 Å². The van der Waals surface area contributed by atoms with E-state index in [0.717, 1.165) is 3.57 Å². The topological polar surface area (TPSA) is 22.1 Å². The van der Waals surface area contributed by atoms with Gasteiger partial charge in [-0.05, 0) is 28.7 Å². The maximum absolute atomic E-state index is 11.6. The van der Waals surface area contributed by atoms with Crippen molar-refractivity contribution in [2.75, 3.05) is 0 Å². The van der Waals surface area contributed by atoms with Crippen LogP contribution in [0.25, 0.3) is 0 Å². The van der Waals surface area contributed by atoms with Crippen molar-refractivity contribution in [1.82, 2.24) is 4.98 Å². The SMILES string of the molecule is FC(F)Oc1ccc(I)cn1. The van der Waals surface area contributed by atoms with Crippen LogP contribution in [0, 0.1) is 3.57 Å². The van der Waals surface area contributed by atoms with Crippen molar-refractivity contribution < 1.29 is 13.5 Å². The fraction of sp³-hybridized carbons (Fsp3) is 0.167. The summed E-state index contributed by atoms with van der Waals surface area (Å²) < 4.78 is 28.0. The lowest BCUT2D eigenvalue weighted by Crippen LogP contribution is -2.03. The van der Waals surface area contributed by atoms with Crippen molar-refractivity contribution in [3.05, 3.63) is 21.9 Å². The molecule has 1 heterocycles. The van der Waals surface area contributed by atoms with Gasteiger partial charge in [0.15, 0.2) is 0 Å². The van der Waals surface area contributed by atoms with Crippen molar-refractivity contribution in [3.8, 4) is 5.88 Å². The van der Waals surface area contributed by atoms with Gasteiger partial charge in [0.05, 0.1) is 0 Å². The van der Waals surface area contributed by atoms with Crippen LogP contribution in [0.5, 0.6) is 5.88 Å². The highest BCUT2D eigenvalue weighted by molar-refractivity contribution is 14.1. The molecule has 0 spiro atoms. The van der Waals surface area contributed by atoms with Crippen LogP contribution in [0.3, 0.4) is 0 Å². The smallest absolute Gasteiger partial charge is 0.388 e. The number of alkyl halides is 2. The Morgan fingerprint density at radius 2 is 2.18 bits per heavy atom. The van der Waals surface area contributed by atoms with Crippen LogP contribution in [-0.2, 0) is 0 Å². The molecule has 0 fully saturated rings. The van der Waals surface area contributed by atoms with Gasteiger partial charge in [0.2, 0.25) is 5.88 Å². The van der Waals surface area contributed by atoms with Crippen molar-refractivity contribution >= 4 is 22.6 Å². The fourth-order valence-electron chi connectivity index (χ4n) is 0.523. The third kappa shape index (κ3) is 2.96. The molecule has 0 aliphatic rings. The molecule has 60 valence electrons. The minimum Gasteiger partial charge on any atom is -0.417 e. The maximum atomic E-state index is 11.6. The van der Waals surface area contributed by atoms with Crippen LogP contribution in [0.4, 0.5) is 8.78 Å². The Morgan fingerprint density at radius 3 is 2.64 bits per heavy atom. The van der Waals surface area contributed by atoms with E-state index in [1.165, 1.54) is 12.3 Å². The molecule has 5 heteroatoms. The second-order valence-corrected chi connectivity index (χ2v) is 2.94. The zero-order valence-corrected chi connectivity index (χ0v) is 7.46. The zero-order chi connectivity index (χ0) is 8.27. The largest absolute Gasteiger partial charge is 0.417 e. The van der Waals surface area contributed by atoms with Gasteiger partial charge in [-0.15, -0.1) is 0 Å². The summed E-state index contributed by atoms with van der Waals surface area (Å²) in [7, 11) is 0. The first kappa shape index (κ1) is 8.63. The van der Waals surface area contributed by atoms with E-state index >= 15 is 0 Å². The number of pyridine rings is 1. The molecule has 0 aliphatic heterocycles. The molecule has 0 N–H and O–H groups in total. The van der Waals surface area contributed by atoms with E-state index < -0.39 is 6.61 Å². The highest BCUT2D eigenvalue weighted by atomic mass is 127. The molecule has 0 bridgehead atoms. The minimum atomic E-state index is -2.80. The molecular formula is C6H4F2INO. The van der Waals surface area contributed by atoms with E-state index in [1.54, 1.807) is 6.07 Å². The van der Waals surface area contributed by atoms with Gasteiger partial charge < -0.3 is 4.74 Å². The number of halogens is 3. The molecule has 0 radical (unpaired) electrons. The molecule has 0 saturated carbocycles. The zero-order valence-electron chi connectivity index (χ0n) is 5.30. The van der Waals surface area contributed by atoms with Crippen molar-refractivity contribution in [2.45, 2.75) is 6.61 Å². The number of rotatable bonds is 2. The molecule has 0 aromatic carbocycles. The summed E-state index contributed by atoms with van der Waals surface area (Å²) in [6.07, 6.45) is 1.46. The Balaban J connectivity index is 2.66. The molecule has 1 aromatic rings. The predicted molar refractivity (Wildman–Crippen MR) is 43.6 cm³/mol. The summed E-state index contributed by atoms with van der Waals surface area (Å²) in [6, 6.07) is 3.04. The molecule has 0 aliphatic carbocycles. The van der Waals surface area contributed by atoms with Gasteiger partial charge in [0.1, 0.15) is 0 Å². The standard InChI is InChI=1S/C6H4F2INO/c7-6(8)11-5-2-1-4(9)3-10-5/h1-3,6H. The van der Waals surface area contributed by atoms with E-state index in [4.69, 9.17) is 0 Å². The van der Waals surface area contributed by atoms with E-state index in [1.807, 2.05) is 22.6 Å². The van der Waals surface area contributed by atoms with Crippen LogP contribution in [0.2, 0.25) is 0 Å². The Bertz CT molecular complexity index is 227. The van der Waals surface area contributed by atoms with Gasteiger partial charge in [-0.2, -0.15) is 8.78 Å². The van der Waals surface area contributed by atoms with Crippen LogP contribution in [0.15, 0.2) is 18.3 Å². The van der Waals surface area contributed by atoms with Gasteiger partial charge >= 0.3 is 6.61 Å². The lowest BCUT2D eigenvalue weighted by molar-refractivity contribution is -0.0528. The molecule has 0 amide bonds. The third-order valence-corrected chi connectivity index (χ3v) is 1.55. The Labute approximate surface area is 75.7 Å². The van der Waals surface area contributed by atoms with Gasteiger partial charge in [-0.3, -0.25) is 0 Å². The molecule has 11 heavy (non-hydrogen) atoms. The van der Waals surface area contributed by atoms with Crippen LogP contribution >= 0.6 is 22.6 Å². The van der Waals surface area contributed by atoms with Crippen molar-refractivity contribution in [2.24, 2.45) is 0 Å². The highest BCUT2D eigenvalue weighted by Gasteiger charge is 2.03. The number of nitrogens with zero attached hydrogens (tertiary/aromatic N) is 1. The summed E-state index contributed by atoms with van der Waals surface area (Å²) in [4.78, 5) is 3.61. The summed E-state index contributed by atoms with van der Waals surface area (Å²) in [5.74, 6) is -0.0552. The fourth-order valence-corrected chi connectivity index (χ4v) is 0.842. The quantitative estimate of drug-likeness (QED) is 0.770. The Kier molecular flexibility index (Phi) is 2.98. The number of hydrogen-bond donors (Lipinski definition) is 0. The van der Waals surface area contributed by atoms with E-state index in [0.29, 0.717) is 0 Å². The molecule has 1 aromatic heterocycles. The molecular weight excluding hydrogens is 267 g/mol. The molecule has 0 saturated heterocycles. The minimum absolute atomic E-state index is 0.0552.